The smallest absolute Gasteiger partial charge is 0.259 e. The van der Waals surface area contributed by atoms with Gasteiger partial charge in [0.25, 0.3) is 5.91 Å². The van der Waals surface area contributed by atoms with Crippen molar-refractivity contribution in [1.29, 1.82) is 0 Å². The molecule has 3 rings (SSSR count). The van der Waals surface area contributed by atoms with Gasteiger partial charge in [0.2, 0.25) is 0 Å². The van der Waals surface area contributed by atoms with Crippen LogP contribution in [0.25, 0.3) is 10.8 Å². The van der Waals surface area contributed by atoms with Crippen molar-refractivity contribution >= 4 is 28.2 Å². The van der Waals surface area contributed by atoms with E-state index in [1.54, 1.807) is 44.4 Å². The van der Waals surface area contributed by atoms with Crippen LogP contribution < -0.4 is 10.1 Å². The number of carbonyl (C=O) groups excluding carboxylic acids is 2. The molecule has 3 aromatic carbocycles. The van der Waals surface area contributed by atoms with Crippen molar-refractivity contribution < 1.29 is 19.4 Å². The van der Waals surface area contributed by atoms with Gasteiger partial charge in [-0.25, -0.2) is 0 Å². The third kappa shape index (κ3) is 7.83. The predicted octanol–water partition coefficient (Wildman–Crippen LogP) is 8.79. The molecule has 0 bridgehead atoms. The van der Waals surface area contributed by atoms with E-state index in [1.807, 2.05) is 24.3 Å². The number of fused-ring (bicyclic) bond motifs is 1. The third-order valence-electron chi connectivity index (χ3n) is 7.38. The zero-order valence-electron chi connectivity index (χ0n) is 23.2. The zero-order chi connectivity index (χ0) is 27.3. The number of phenolic OH excluding ortho intramolecular Hbond substituents is 1. The first-order chi connectivity index (χ1) is 18.5. The highest BCUT2D eigenvalue weighted by Crippen LogP contribution is 2.36. The maximum absolute atomic E-state index is 13.0. The molecule has 0 saturated heterocycles. The summed E-state index contributed by atoms with van der Waals surface area (Å²) in [7, 11) is 1.54. The van der Waals surface area contributed by atoms with E-state index in [-0.39, 0.29) is 23.0 Å². The molecule has 1 unspecified atom stereocenters. The van der Waals surface area contributed by atoms with Gasteiger partial charge in [-0.05, 0) is 42.5 Å². The highest BCUT2D eigenvalue weighted by molar-refractivity contribution is 6.11. The van der Waals surface area contributed by atoms with Gasteiger partial charge < -0.3 is 15.2 Å². The molecule has 0 aliphatic heterocycles. The molecule has 0 heterocycles. The van der Waals surface area contributed by atoms with Crippen LogP contribution in [0.2, 0.25) is 0 Å². The lowest BCUT2D eigenvalue weighted by Crippen LogP contribution is -2.13. The van der Waals surface area contributed by atoms with E-state index in [1.165, 1.54) is 51.4 Å². The minimum Gasteiger partial charge on any atom is -0.506 e. The number of hydrogen-bond acceptors (Lipinski definition) is 4. The number of amides is 1. The highest BCUT2D eigenvalue weighted by Gasteiger charge is 2.22. The number of aromatic hydroxyl groups is 1. The molecule has 2 N–H and O–H groups in total. The Morgan fingerprint density at radius 1 is 0.816 bits per heavy atom. The molecule has 0 aliphatic carbocycles. The van der Waals surface area contributed by atoms with E-state index in [9.17, 15) is 14.7 Å². The van der Waals surface area contributed by atoms with Crippen molar-refractivity contribution in [2.45, 2.75) is 90.4 Å². The highest BCUT2D eigenvalue weighted by atomic mass is 16.5. The van der Waals surface area contributed by atoms with Crippen LogP contribution in [-0.4, -0.2) is 23.9 Å². The van der Waals surface area contributed by atoms with Crippen LogP contribution in [0.5, 0.6) is 11.5 Å². The number of rotatable bonds is 16. The van der Waals surface area contributed by atoms with Crippen LogP contribution >= 0.6 is 0 Å². The number of ether oxygens (including phenoxy) is 1. The Balaban J connectivity index is 1.67. The number of hydrogen-bond donors (Lipinski definition) is 2. The normalized spacial score (nSPS) is 11.9. The molecule has 0 aliphatic rings. The van der Waals surface area contributed by atoms with Gasteiger partial charge in [-0.3, -0.25) is 9.59 Å². The SMILES string of the molecule is CCCCCCCCCCCCC(C(C)=O)c1cccc2c(O)c(C(=O)Nc3ccccc3OC)ccc12. The van der Waals surface area contributed by atoms with E-state index in [0.717, 1.165) is 30.2 Å². The van der Waals surface area contributed by atoms with Gasteiger partial charge in [0.15, 0.2) is 0 Å². The average molecular weight is 518 g/mol. The van der Waals surface area contributed by atoms with Gasteiger partial charge >= 0.3 is 0 Å². The number of Topliss-reactive ketones (excluding diaryl/α,β-unsaturated/α-hetero) is 1. The van der Waals surface area contributed by atoms with Crippen molar-refractivity contribution in [3.05, 3.63) is 65.7 Å². The number of ketones is 1. The molecule has 0 saturated carbocycles. The summed E-state index contributed by atoms with van der Waals surface area (Å²) < 4.78 is 5.32. The van der Waals surface area contributed by atoms with Crippen LogP contribution in [-0.2, 0) is 4.79 Å². The Labute approximate surface area is 227 Å². The van der Waals surface area contributed by atoms with Gasteiger partial charge in [0.05, 0.1) is 18.4 Å². The third-order valence-corrected chi connectivity index (χ3v) is 7.38. The number of methoxy groups -OCH3 is 1. The second-order valence-electron chi connectivity index (χ2n) is 10.2. The Hall–Kier alpha value is -3.34. The standard InChI is InChI=1S/C33H43NO4/c1-4-5-6-7-8-9-10-11-12-13-17-25(24(2)35)26-18-16-19-28-27(26)22-23-29(32(28)36)33(37)34-30-20-14-15-21-31(30)38-3/h14-16,18-23,25,36H,4-13,17H2,1-3H3,(H,34,37). The fraction of sp³-hybridized carbons (Fsp3) is 0.455. The number of unbranched alkanes of at least 4 members (excludes halogenated alkanes) is 9. The molecule has 0 radical (unpaired) electrons. The monoisotopic (exact) mass is 517 g/mol. The molecule has 1 atom stereocenters. The fourth-order valence-corrected chi connectivity index (χ4v) is 5.20. The molecule has 0 aromatic heterocycles. The maximum atomic E-state index is 13.0. The van der Waals surface area contributed by atoms with Gasteiger partial charge in [0.1, 0.15) is 17.3 Å². The summed E-state index contributed by atoms with van der Waals surface area (Å²) >= 11 is 0. The summed E-state index contributed by atoms with van der Waals surface area (Å²) in [4.78, 5) is 25.7. The lowest BCUT2D eigenvalue weighted by molar-refractivity contribution is -0.118. The Kier molecular flexibility index (Phi) is 11.7. The number of para-hydroxylation sites is 2. The second kappa shape index (κ2) is 15.2. The lowest BCUT2D eigenvalue weighted by Gasteiger charge is -2.18. The molecule has 1 amide bonds. The number of anilines is 1. The molecular formula is C33H43NO4. The van der Waals surface area contributed by atoms with E-state index in [4.69, 9.17) is 4.74 Å². The first kappa shape index (κ1) is 29.2. The minimum atomic E-state index is -0.423. The molecule has 204 valence electrons. The van der Waals surface area contributed by atoms with Gasteiger partial charge in [-0.2, -0.15) is 0 Å². The van der Waals surface area contributed by atoms with E-state index in [2.05, 4.69) is 12.2 Å². The first-order valence-corrected chi connectivity index (χ1v) is 14.2. The topological polar surface area (TPSA) is 75.6 Å². The van der Waals surface area contributed by atoms with Crippen LogP contribution in [0, 0.1) is 0 Å². The van der Waals surface area contributed by atoms with Gasteiger partial charge in [-0.15, -0.1) is 0 Å². The van der Waals surface area contributed by atoms with E-state index >= 15 is 0 Å². The summed E-state index contributed by atoms with van der Waals surface area (Å²) in [5, 5.41) is 15.3. The fourth-order valence-electron chi connectivity index (χ4n) is 5.20. The maximum Gasteiger partial charge on any atom is 0.259 e. The Bertz CT molecular complexity index is 1200. The number of carbonyl (C=O) groups is 2. The quantitative estimate of drug-likeness (QED) is 0.186. The number of nitrogens with one attached hydrogen (secondary N) is 1. The average Bonchev–Trinajstić information content (AvgIpc) is 2.92. The first-order valence-electron chi connectivity index (χ1n) is 14.2. The van der Waals surface area contributed by atoms with Crippen molar-refractivity contribution in [2.24, 2.45) is 0 Å². The molecular weight excluding hydrogens is 474 g/mol. The van der Waals surface area contributed by atoms with Crippen molar-refractivity contribution in [3.8, 4) is 11.5 Å². The summed E-state index contributed by atoms with van der Waals surface area (Å²) in [5.74, 6) is -0.0585. The molecule has 3 aromatic rings. The van der Waals surface area contributed by atoms with Crippen LogP contribution in [0.3, 0.4) is 0 Å². The summed E-state index contributed by atoms with van der Waals surface area (Å²) in [6.45, 7) is 3.89. The van der Waals surface area contributed by atoms with E-state index in [0.29, 0.717) is 16.8 Å². The van der Waals surface area contributed by atoms with Crippen molar-refractivity contribution in [3.63, 3.8) is 0 Å². The van der Waals surface area contributed by atoms with E-state index < -0.39 is 5.91 Å². The summed E-state index contributed by atoms with van der Waals surface area (Å²) in [6, 6.07) is 16.2. The molecule has 0 fully saturated rings. The largest absolute Gasteiger partial charge is 0.506 e. The molecule has 0 spiro atoms. The summed E-state index contributed by atoms with van der Waals surface area (Å²) in [5.41, 5.74) is 1.62. The van der Waals surface area contributed by atoms with Crippen LogP contribution in [0.4, 0.5) is 5.69 Å². The molecule has 38 heavy (non-hydrogen) atoms. The van der Waals surface area contributed by atoms with Gasteiger partial charge in [-0.1, -0.05) is 108 Å². The van der Waals surface area contributed by atoms with Gasteiger partial charge in [0, 0.05) is 11.3 Å². The number of phenols is 1. The molecule has 5 heteroatoms. The van der Waals surface area contributed by atoms with Crippen LogP contribution in [0.15, 0.2) is 54.6 Å². The summed E-state index contributed by atoms with van der Waals surface area (Å²) in [6.07, 6.45) is 13.3. The molecule has 5 nitrogen and oxygen atoms in total. The number of benzene rings is 3. The van der Waals surface area contributed by atoms with Crippen LogP contribution in [0.1, 0.15) is 106 Å². The Morgan fingerprint density at radius 3 is 2.13 bits per heavy atom. The van der Waals surface area contributed by atoms with Crippen molar-refractivity contribution in [2.75, 3.05) is 12.4 Å². The second-order valence-corrected chi connectivity index (χ2v) is 10.2. The Morgan fingerprint density at radius 2 is 1.47 bits per heavy atom. The van der Waals surface area contributed by atoms with Crippen molar-refractivity contribution in [1.82, 2.24) is 0 Å². The lowest BCUT2D eigenvalue weighted by atomic mass is 9.86. The minimum absolute atomic E-state index is 0.0852. The zero-order valence-corrected chi connectivity index (χ0v) is 23.2. The predicted molar refractivity (Wildman–Crippen MR) is 156 cm³/mol.